The van der Waals surface area contributed by atoms with Crippen molar-refractivity contribution in [2.24, 2.45) is 16.8 Å². The Morgan fingerprint density at radius 2 is 1.94 bits per heavy atom. The minimum absolute atomic E-state index is 0.0117. The van der Waals surface area contributed by atoms with Crippen LogP contribution in [0.2, 0.25) is 0 Å². The molecule has 11 heteroatoms. The first kappa shape index (κ1) is 26.3. The summed E-state index contributed by atoms with van der Waals surface area (Å²) in [4.78, 5) is 26.8. The van der Waals surface area contributed by atoms with Crippen molar-refractivity contribution in [1.82, 2.24) is 14.9 Å². The Morgan fingerprint density at radius 1 is 1.20 bits per heavy atom. The molecule has 1 heterocycles. The lowest BCUT2D eigenvalue weighted by Crippen LogP contribution is -2.48. The minimum Gasteiger partial charge on any atom is -0.409 e. The molecule has 1 aliphatic heterocycles. The van der Waals surface area contributed by atoms with Gasteiger partial charge in [0.25, 0.3) is 0 Å². The van der Waals surface area contributed by atoms with Gasteiger partial charge in [-0.25, -0.2) is 13.1 Å². The zero-order chi connectivity index (χ0) is 25.4. The highest BCUT2D eigenvalue weighted by atomic mass is 32.2. The summed E-state index contributed by atoms with van der Waals surface area (Å²) in [5, 5.41) is 14.7. The summed E-state index contributed by atoms with van der Waals surface area (Å²) in [6.07, 6.45) is 9.70. The van der Waals surface area contributed by atoms with Crippen LogP contribution < -0.4 is 15.8 Å². The number of oxime groups is 1. The molecule has 0 fully saturated rings. The fraction of sp³-hybridized carbons (Fsp3) is 0.375. The highest BCUT2D eigenvalue weighted by Gasteiger charge is 2.30. The molecule has 0 bridgehead atoms. The fourth-order valence-electron chi connectivity index (χ4n) is 3.95. The lowest BCUT2D eigenvalue weighted by atomic mass is 9.97. The van der Waals surface area contributed by atoms with E-state index in [1.807, 2.05) is 19.1 Å². The standard InChI is InChI=1S/C24H31N5O5S/c1-17-4-2-5-19(12-17)16-35(33,34)27-15-23(31)29-11-3-6-21(29)22(30)14-26-13-18-7-9-20(10-8-18)24(25)28-32/h2-10,17,21,26-27,32H,11-16H2,1H3,(H2,25,28). The molecule has 0 saturated heterocycles. The number of nitrogens with two attached hydrogens (primary N) is 1. The Morgan fingerprint density at radius 3 is 2.63 bits per heavy atom. The molecule has 0 saturated carbocycles. The molecule has 2 aliphatic rings. The first-order valence-electron chi connectivity index (χ1n) is 11.3. The molecule has 1 aromatic carbocycles. The van der Waals surface area contributed by atoms with Gasteiger partial charge in [-0.15, -0.1) is 0 Å². The number of amides is 1. The quantitative estimate of drug-likeness (QED) is 0.114. The van der Waals surface area contributed by atoms with Gasteiger partial charge in [0, 0.05) is 18.7 Å². The third kappa shape index (κ3) is 7.61. The molecule has 3 rings (SSSR count). The van der Waals surface area contributed by atoms with Gasteiger partial charge < -0.3 is 21.2 Å². The molecule has 0 radical (unpaired) electrons. The molecule has 35 heavy (non-hydrogen) atoms. The third-order valence-corrected chi connectivity index (χ3v) is 7.10. The average Bonchev–Trinajstić information content (AvgIpc) is 3.32. The summed E-state index contributed by atoms with van der Waals surface area (Å²) in [6.45, 7) is 2.31. The Labute approximate surface area is 205 Å². The molecule has 0 aromatic heterocycles. The van der Waals surface area contributed by atoms with E-state index in [4.69, 9.17) is 10.9 Å². The number of carbonyl (C=O) groups is 2. The number of ketones is 1. The number of hydrogen-bond acceptors (Lipinski definition) is 7. The van der Waals surface area contributed by atoms with E-state index in [0.29, 0.717) is 18.5 Å². The molecule has 1 aromatic rings. The van der Waals surface area contributed by atoms with E-state index in [-0.39, 0.29) is 36.4 Å². The third-order valence-electron chi connectivity index (χ3n) is 5.77. The number of amidine groups is 1. The van der Waals surface area contributed by atoms with Crippen molar-refractivity contribution in [1.29, 1.82) is 0 Å². The largest absolute Gasteiger partial charge is 0.409 e. The van der Waals surface area contributed by atoms with Crippen molar-refractivity contribution in [3.63, 3.8) is 0 Å². The number of nitrogens with zero attached hydrogens (tertiary/aromatic N) is 2. The second kappa shape index (κ2) is 11.9. The smallest absolute Gasteiger partial charge is 0.238 e. The van der Waals surface area contributed by atoms with Gasteiger partial charge in [0.15, 0.2) is 11.6 Å². The Hall–Kier alpha value is -3.28. The van der Waals surface area contributed by atoms with Gasteiger partial charge in [-0.05, 0) is 17.9 Å². The maximum Gasteiger partial charge on any atom is 0.238 e. The lowest BCUT2D eigenvalue weighted by Gasteiger charge is -2.24. The maximum absolute atomic E-state index is 12.7. The molecule has 2 atom stereocenters. The highest BCUT2D eigenvalue weighted by Crippen LogP contribution is 2.19. The summed E-state index contributed by atoms with van der Waals surface area (Å²) in [5.41, 5.74) is 7.81. The molecule has 0 spiro atoms. The van der Waals surface area contributed by atoms with E-state index in [2.05, 4.69) is 15.2 Å². The topological polar surface area (TPSA) is 154 Å². The van der Waals surface area contributed by atoms with Crippen molar-refractivity contribution < 1.29 is 23.2 Å². The average molecular weight is 502 g/mol. The van der Waals surface area contributed by atoms with Crippen LogP contribution >= 0.6 is 0 Å². The van der Waals surface area contributed by atoms with Crippen LogP contribution in [0, 0.1) is 5.92 Å². The van der Waals surface area contributed by atoms with Crippen molar-refractivity contribution in [3.8, 4) is 0 Å². The van der Waals surface area contributed by atoms with Crippen molar-refractivity contribution in [2.75, 3.05) is 25.4 Å². The number of hydrogen-bond donors (Lipinski definition) is 4. The second-order valence-corrected chi connectivity index (χ2v) is 10.4. The van der Waals surface area contributed by atoms with E-state index in [0.717, 1.165) is 11.1 Å². The zero-order valence-electron chi connectivity index (χ0n) is 19.6. The molecular weight excluding hydrogens is 470 g/mol. The molecule has 188 valence electrons. The van der Waals surface area contributed by atoms with Crippen molar-refractivity contribution in [2.45, 2.75) is 25.9 Å². The first-order chi connectivity index (χ1) is 16.7. The van der Waals surface area contributed by atoms with Gasteiger partial charge >= 0.3 is 0 Å². The Balaban J connectivity index is 1.46. The number of nitrogens with one attached hydrogen (secondary N) is 2. The molecule has 5 N–H and O–H groups in total. The van der Waals surface area contributed by atoms with Crippen molar-refractivity contribution in [3.05, 3.63) is 71.3 Å². The van der Waals surface area contributed by atoms with Gasteiger partial charge in [0.1, 0.15) is 6.04 Å². The SMILES string of the molecule is CC1C=CC=C(CS(=O)(=O)NCC(=O)N2CC=CC2C(=O)CNCc2ccc(/C(N)=N/O)cc2)C1. The Kier molecular flexibility index (Phi) is 8.96. The van der Waals surface area contributed by atoms with E-state index < -0.39 is 28.5 Å². The van der Waals surface area contributed by atoms with E-state index >= 15 is 0 Å². The number of carbonyl (C=O) groups excluding carboxylic acids is 2. The van der Waals surface area contributed by atoms with Crippen LogP contribution in [-0.2, 0) is 26.2 Å². The maximum atomic E-state index is 12.7. The van der Waals surface area contributed by atoms with Crippen LogP contribution in [0.1, 0.15) is 24.5 Å². The molecular formula is C24H31N5O5S. The first-order valence-corrected chi connectivity index (χ1v) is 12.9. The minimum atomic E-state index is -3.67. The highest BCUT2D eigenvalue weighted by molar-refractivity contribution is 7.89. The zero-order valence-corrected chi connectivity index (χ0v) is 20.4. The van der Waals surface area contributed by atoms with Gasteiger partial charge in [-0.1, -0.05) is 72.3 Å². The van der Waals surface area contributed by atoms with E-state index in [1.54, 1.807) is 42.5 Å². The second-order valence-electron chi connectivity index (χ2n) is 8.64. The van der Waals surface area contributed by atoms with E-state index in [1.165, 1.54) is 4.90 Å². The van der Waals surface area contributed by atoms with Gasteiger partial charge in [-0.3, -0.25) is 9.59 Å². The molecule has 1 amide bonds. The number of rotatable bonds is 11. The van der Waals surface area contributed by atoms with Crippen LogP contribution in [0.4, 0.5) is 0 Å². The summed E-state index contributed by atoms with van der Waals surface area (Å²) < 4.78 is 27.2. The predicted molar refractivity (Wildman–Crippen MR) is 133 cm³/mol. The van der Waals surface area contributed by atoms with Crippen LogP contribution in [0.15, 0.2) is 65.4 Å². The van der Waals surface area contributed by atoms with Crippen LogP contribution in [0.5, 0.6) is 0 Å². The lowest BCUT2D eigenvalue weighted by molar-refractivity contribution is -0.135. The summed E-state index contributed by atoms with van der Waals surface area (Å²) in [6, 6.07) is 6.26. The van der Waals surface area contributed by atoms with E-state index in [9.17, 15) is 18.0 Å². The van der Waals surface area contributed by atoms with Gasteiger partial charge in [0.2, 0.25) is 15.9 Å². The number of allylic oxidation sites excluding steroid dienone is 3. The monoisotopic (exact) mass is 501 g/mol. The number of benzene rings is 1. The number of sulfonamides is 1. The van der Waals surface area contributed by atoms with Crippen LogP contribution in [-0.4, -0.2) is 67.5 Å². The molecule has 2 unspecified atom stereocenters. The summed E-state index contributed by atoms with van der Waals surface area (Å²) >= 11 is 0. The normalized spacial score (nSPS) is 20.2. The van der Waals surface area contributed by atoms with Gasteiger partial charge in [-0.2, -0.15) is 0 Å². The van der Waals surface area contributed by atoms with Crippen LogP contribution in [0.3, 0.4) is 0 Å². The van der Waals surface area contributed by atoms with Gasteiger partial charge in [0.05, 0.1) is 18.8 Å². The Bertz CT molecular complexity index is 1160. The summed E-state index contributed by atoms with van der Waals surface area (Å²) in [7, 11) is -3.67. The van der Waals surface area contributed by atoms with Crippen molar-refractivity contribution >= 4 is 27.5 Å². The summed E-state index contributed by atoms with van der Waals surface area (Å²) in [5.74, 6) is -0.517. The molecule has 10 nitrogen and oxygen atoms in total. The van der Waals surface area contributed by atoms with Crippen LogP contribution in [0.25, 0.3) is 0 Å². The number of Topliss-reactive ketones (excluding diaryl/α,β-unsaturated/α-hetero) is 1. The molecule has 1 aliphatic carbocycles. The predicted octanol–water partition coefficient (Wildman–Crippen LogP) is 0.649. The fourth-order valence-corrected chi connectivity index (χ4v) is 5.10.